The van der Waals surface area contributed by atoms with Crippen LogP contribution < -0.4 is 0 Å². The van der Waals surface area contributed by atoms with Crippen LogP contribution in [0.25, 0.3) is 0 Å². The van der Waals surface area contributed by atoms with Gasteiger partial charge in [-0.2, -0.15) is 0 Å². The van der Waals surface area contributed by atoms with E-state index in [-0.39, 0.29) is 5.97 Å². The molecule has 0 aliphatic heterocycles. The normalized spacial score (nSPS) is 9.75. The number of aryl methyl sites for hydroxylation is 1. The van der Waals surface area contributed by atoms with E-state index in [1.165, 1.54) is 7.11 Å². The Kier molecular flexibility index (Phi) is 3.18. The summed E-state index contributed by atoms with van der Waals surface area (Å²) in [5.41, 5.74) is 0. The summed E-state index contributed by atoms with van der Waals surface area (Å²) in [5.74, 6) is 0.487. The van der Waals surface area contributed by atoms with Crippen LogP contribution in [0.4, 0.5) is 0 Å². The van der Waals surface area contributed by atoms with E-state index in [1.807, 2.05) is 0 Å². The van der Waals surface area contributed by atoms with Crippen LogP contribution in [0.15, 0.2) is 0 Å². The predicted molar refractivity (Wildman–Crippen MR) is 39.1 cm³/mol. The minimum absolute atomic E-state index is 0.206. The van der Waals surface area contributed by atoms with Crippen LogP contribution >= 0.6 is 0 Å². The van der Waals surface area contributed by atoms with Gasteiger partial charge in [0.1, 0.15) is 5.82 Å². The van der Waals surface area contributed by atoms with Gasteiger partial charge < -0.3 is 4.74 Å². The van der Waals surface area contributed by atoms with Crippen molar-refractivity contribution in [1.29, 1.82) is 0 Å². The highest BCUT2D eigenvalue weighted by Gasteiger charge is 2.01. The monoisotopic (exact) mass is 170 g/mol. The molecular formula is C6H10N4O2. The number of esters is 1. The van der Waals surface area contributed by atoms with Crippen LogP contribution in [-0.2, 0) is 16.0 Å². The highest BCUT2D eigenvalue weighted by Crippen LogP contribution is 1.97. The van der Waals surface area contributed by atoms with Gasteiger partial charge in [0.15, 0.2) is 0 Å². The van der Waals surface area contributed by atoms with Gasteiger partial charge in [0.05, 0.1) is 7.11 Å². The number of carbonyl (C=O) groups excluding carboxylic acids is 1. The van der Waals surface area contributed by atoms with Gasteiger partial charge in [0.2, 0.25) is 0 Å². The number of H-pyrrole nitrogens is 1. The Labute approximate surface area is 69.3 Å². The minimum Gasteiger partial charge on any atom is -0.469 e. The van der Waals surface area contributed by atoms with Crippen molar-refractivity contribution in [2.75, 3.05) is 7.11 Å². The molecule has 0 bridgehead atoms. The number of aromatic amines is 1. The molecule has 0 unspecified atom stereocenters. The average molecular weight is 170 g/mol. The van der Waals surface area contributed by atoms with E-state index >= 15 is 0 Å². The first-order chi connectivity index (χ1) is 5.83. The molecule has 0 aromatic carbocycles. The lowest BCUT2D eigenvalue weighted by molar-refractivity contribution is -0.140. The van der Waals surface area contributed by atoms with Gasteiger partial charge in [-0.1, -0.05) is 0 Å². The van der Waals surface area contributed by atoms with Gasteiger partial charge in [-0.05, 0) is 16.8 Å². The quantitative estimate of drug-likeness (QED) is 0.627. The lowest BCUT2D eigenvalue weighted by atomic mass is 10.2. The van der Waals surface area contributed by atoms with Gasteiger partial charge >= 0.3 is 5.97 Å². The molecule has 6 nitrogen and oxygen atoms in total. The molecule has 1 aromatic rings. The Bertz CT molecular complexity index is 234. The molecule has 0 saturated carbocycles. The molecule has 12 heavy (non-hydrogen) atoms. The van der Waals surface area contributed by atoms with Crippen molar-refractivity contribution in [1.82, 2.24) is 20.6 Å². The zero-order valence-corrected chi connectivity index (χ0v) is 6.78. The average Bonchev–Trinajstić information content (AvgIpc) is 2.57. The first-order valence-electron chi connectivity index (χ1n) is 3.62. The Morgan fingerprint density at radius 3 is 3.08 bits per heavy atom. The Morgan fingerprint density at radius 2 is 2.50 bits per heavy atom. The van der Waals surface area contributed by atoms with Gasteiger partial charge in [-0.3, -0.25) is 4.79 Å². The first-order valence-corrected chi connectivity index (χ1v) is 3.62. The van der Waals surface area contributed by atoms with E-state index in [2.05, 4.69) is 25.4 Å². The smallest absolute Gasteiger partial charge is 0.305 e. The number of tetrazole rings is 1. The summed E-state index contributed by atoms with van der Waals surface area (Å²) in [6.07, 6.45) is 1.77. The van der Waals surface area contributed by atoms with E-state index < -0.39 is 0 Å². The van der Waals surface area contributed by atoms with Gasteiger partial charge in [0.25, 0.3) is 0 Å². The van der Waals surface area contributed by atoms with E-state index in [1.54, 1.807) is 0 Å². The number of aromatic nitrogens is 4. The van der Waals surface area contributed by atoms with Crippen molar-refractivity contribution in [2.45, 2.75) is 19.3 Å². The summed E-state index contributed by atoms with van der Waals surface area (Å²) >= 11 is 0. The molecule has 0 radical (unpaired) electrons. The number of carbonyl (C=O) groups is 1. The van der Waals surface area contributed by atoms with Crippen LogP contribution in [0.2, 0.25) is 0 Å². The van der Waals surface area contributed by atoms with Gasteiger partial charge in [-0.15, -0.1) is 5.10 Å². The fraction of sp³-hybridized carbons (Fsp3) is 0.667. The topological polar surface area (TPSA) is 80.8 Å². The summed E-state index contributed by atoms with van der Waals surface area (Å²) in [6.45, 7) is 0. The van der Waals surface area contributed by atoms with Gasteiger partial charge in [0, 0.05) is 12.8 Å². The number of nitrogens with zero attached hydrogens (tertiary/aromatic N) is 3. The van der Waals surface area contributed by atoms with E-state index in [9.17, 15) is 4.79 Å². The second-order valence-corrected chi connectivity index (χ2v) is 2.28. The summed E-state index contributed by atoms with van der Waals surface area (Å²) in [7, 11) is 1.37. The highest BCUT2D eigenvalue weighted by molar-refractivity contribution is 5.69. The van der Waals surface area contributed by atoms with Crippen molar-refractivity contribution in [3.8, 4) is 0 Å². The van der Waals surface area contributed by atoms with E-state index in [0.29, 0.717) is 25.1 Å². The minimum atomic E-state index is -0.206. The van der Waals surface area contributed by atoms with Crippen LogP contribution in [0, 0.1) is 0 Å². The Balaban J connectivity index is 2.15. The number of methoxy groups -OCH3 is 1. The molecule has 0 aliphatic rings. The van der Waals surface area contributed by atoms with Crippen molar-refractivity contribution in [3.05, 3.63) is 5.82 Å². The maximum atomic E-state index is 10.7. The standard InChI is InChI=1S/C6H10N4O2/c1-12-6(11)4-2-3-5-7-9-10-8-5/h2-4H2,1H3,(H,7,8,9,10). The van der Waals surface area contributed by atoms with Crippen molar-refractivity contribution in [3.63, 3.8) is 0 Å². The largest absolute Gasteiger partial charge is 0.469 e. The highest BCUT2D eigenvalue weighted by atomic mass is 16.5. The molecule has 1 N–H and O–H groups in total. The summed E-state index contributed by atoms with van der Waals surface area (Å²) in [6, 6.07) is 0. The fourth-order valence-corrected chi connectivity index (χ4v) is 0.787. The molecule has 66 valence electrons. The Hall–Kier alpha value is -1.46. The summed E-state index contributed by atoms with van der Waals surface area (Å²) in [5, 5.41) is 13.1. The van der Waals surface area contributed by atoms with Crippen LogP contribution in [-0.4, -0.2) is 33.7 Å². The molecule has 0 spiro atoms. The molecule has 0 atom stereocenters. The fourth-order valence-electron chi connectivity index (χ4n) is 0.787. The number of rotatable bonds is 4. The molecule has 1 rings (SSSR count). The number of nitrogens with one attached hydrogen (secondary N) is 1. The molecule has 0 saturated heterocycles. The second kappa shape index (κ2) is 4.42. The lowest BCUT2D eigenvalue weighted by Gasteiger charge is -1.95. The maximum Gasteiger partial charge on any atom is 0.305 e. The van der Waals surface area contributed by atoms with E-state index in [0.717, 1.165) is 0 Å². The SMILES string of the molecule is COC(=O)CCCc1nnn[nH]1. The first kappa shape index (κ1) is 8.63. The van der Waals surface area contributed by atoms with Crippen molar-refractivity contribution >= 4 is 5.97 Å². The lowest BCUT2D eigenvalue weighted by Crippen LogP contribution is -2.01. The third-order valence-corrected chi connectivity index (χ3v) is 1.41. The molecule has 1 heterocycles. The second-order valence-electron chi connectivity index (χ2n) is 2.28. The molecule has 0 amide bonds. The van der Waals surface area contributed by atoms with E-state index in [4.69, 9.17) is 0 Å². The zero-order valence-electron chi connectivity index (χ0n) is 6.78. The number of hydrogen-bond acceptors (Lipinski definition) is 5. The molecule has 0 aliphatic carbocycles. The number of hydrogen-bond donors (Lipinski definition) is 1. The van der Waals surface area contributed by atoms with Crippen molar-refractivity contribution < 1.29 is 9.53 Å². The molecule has 6 heteroatoms. The molecular weight excluding hydrogens is 160 g/mol. The van der Waals surface area contributed by atoms with Gasteiger partial charge in [-0.25, -0.2) is 5.10 Å². The third-order valence-electron chi connectivity index (χ3n) is 1.41. The summed E-state index contributed by atoms with van der Waals surface area (Å²) < 4.78 is 4.47. The zero-order chi connectivity index (χ0) is 8.81. The van der Waals surface area contributed by atoms with Crippen LogP contribution in [0.1, 0.15) is 18.7 Å². The maximum absolute atomic E-state index is 10.7. The number of ether oxygens (including phenoxy) is 1. The molecule has 0 fully saturated rings. The van der Waals surface area contributed by atoms with Crippen molar-refractivity contribution in [2.24, 2.45) is 0 Å². The predicted octanol–water partition coefficient (Wildman–Crippen LogP) is -0.305. The van der Waals surface area contributed by atoms with Crippen LogP contribution in [0.5, 0.6) is 0 Å². The molecule has 1 aromatic heterocycles. The van der Waals surface area contributed by atoms with Crippen LogP contribution in [0.3, 0.4) is 0 Å². The third kappa shape index (κ3) is 2.65. The summed E-state index contributed by atoms with van der Waals surface area (Å²) in [4.78, 5) is 10.7. The Morgan fingerprint density at radius 1 is 1.67 bits per heavy atom.